The van der Waals surface area contributed by atoms with E-state index in [-0.39, 0.29) is 32.8 Å². The van der Waals surface area contributed by atoms with E-state index in [2.05, 4.69) is 30.9 Å². The number of hydrogen-bond donors (Lipinski definition) is 1. The van der Waals surface area contributed by atoms with Crippen LogP contribution in [-0.4, -0.2) is 40.2 Å². The first-order valence-electron chi connectivity index (χ1n) is 9.70. The smallest absolute Gasteiger partial charge is 0.275 e. The minimum absolute atomic E-state index is 0.0192. The number of alkyl halides is 3. The second kappa shape index (κ2) is 8.99. The van der Waals surface area contributed by atoms with Crippen LogP contribution in [0.2, 0.25) is 0 Å². The predicted octanol–water partition coefficient (Wildman–Crippen LogP) is 4.48. The van der Waals surface area contributed by atoms with Crippen molar-refractivity contribution in [1.82, 2.24) is 24.2 Å². The zero-order chi connectivity index (χ0) is 25.5. The lowest BCUT2D eigenvalue weighted by atomic mass is 10.1. The molecule has 0 amide bonds. The number of nitrogens with one attached hydrogen (secondary N) is 1. The van der Waals surface area contributed by atoms with Gasteiger partial charge >= 0.3 is 6.18 Å². The number of nitrogens with zero attached hydrogens (tertiary/aromatic N) is 5. The Labute approximate surface area is 204 Å². The van der Waals surface area contributed by atoms with E-state index in [4.69, 9.17) is 0 Å². The molecule has 0 aliphatic carbocycles. The summed E-state index contributed by atoms with van der Waals surface area (Å²) in [6.45, 7) is 0.675. The largest absolute Gasteiger partial charge is 0.404 e. The fourth-order valence-corrected chi connectivity index (χ4v) is 4.80. The molecule has 0 aliphatic heterocycles. The summed E-state index contributed by atoms with van der Waals surface area (Å²) in [4.78, 5) is 12.0. The summed E-state index contributed by atoms with van der Waals surface area (Å²) in [5, 5.41) is 10.1. The molecular weight excluding hydrogens is 556 g/mol. The van der Waals surface area contributed by atoms with Gasteiger partial charge < -0.3 is 0 Å². The first-order chi connectivity index (χ1) is 16.4. The van der Waals surface area contributed by atoms with Crippen molar-refractivity contribution in [3.05, 3.63) is 64.8 Å². The SMILES string of the molecule is C[C@H](NS(=O)(=O)c1ccc(-c2c(C#N)c3cc(F)c(Br)cc3n2-c2ncccn2)nc1)C(F)(F)F. The first kappa shape index (κ1) is 24.7. The third-order valence-electron chi connectivity index (χ3n) is 4.99. The molecule has 1 atom stereocenters. The maximum atomic E-state index is 14.3. The summed E-state index contributed by atoms with van der Waals surface area (Å²) < 4.78 is 80.7. The van der Waals surface area contributed by atoms with E-state index >= 15 is 0 Å². The molecule has 1 aromatic carbocycles. The fourth-order valence-electron chi connectivity index (χ4n) is 3.30. The van der Waals surface area contributed by atoms with Crippen LogP contribution in [0.4, 0.5) is 17.6 Å². The highest BCUT2D eigenvalue weighted by atomic mass is 79.9. The molecule has 1 N–H and O–H groups in total. The zero-order valence-corrected chi connectivity index (χ0v) is 19.9. The average molecular weight is 569 g/mol. The summed E-state index contributed by atoms with van der Waals surface area (Å²) in [5.41, 5.74) is 0.622. The predicted molar refractivity (Wildman–Crippen MR) is 120 cm³/mol. The van der Waals surface area contributed by atoms with Crippen LogP contribution in [0.5, 0.6) is 0 Å². The Morgan fingerprint density at radius 1 is 1.17 bits per heavy atom. The number of pyridine rings is 1. The molecule has 0 fully saturated rings. The Kier molecular flexibility index (Phi) is 6.34. The average Bonchev–Trinajstić information content (AvgIpc) is 3.12. The molecule has 3 heterocycles. The van der Waals surface area contributed by atoms with Gasteiger partial charge in [0, 0.05) is 24.0 Å². The van der Waals surface area contributed by atoms with E-state index in [1.807, 2.05) is 6.07 Å². The number of benzene rings is 1. The molecule has 4 aromatic rings. The summed E-state index contributed by atoms with van der Waals surface area (Å²) in [6.07, 6.45) is -0.993. The molecule has 0 spiro atoms. The topological polar surface area (TPSA) is 114 Å². The summed E-state index contributed by atoms with van der Waals surface area (Å²) in [7, 11) is -4.54. The Morgan fingerprint density at radius 2 is 1.86 bits per heavy atom. The van der Waals surface area contributed by atoms with Gasteiger partial charge in [-0.15, -0.1) is 0 Å². The van der Waals surface area contributed by atoms with Gasteiger partial charge in [-0.3, -0.25) is 9.55 Å². The van der Waals surface area contributed by atoms with Gasteiger partial charge in [-0.2, -0.15) is 23.2 Å². The van der Waals surface area contributed by atoms with Crippen molar-refractivity contribution in [2.45, 2.75) is 24.0 Å². The molecule has 180 valence electrons. The highest BCUT2D eigenvalue weighted by Gasteiger charge is 2.39. The summed E-state index contributed by atoms with van der Waals surface area (Å²) >= 11 is 3.12. The number of aromatic nitrogens is 4. The number of rotatable bonds is 5. The second-order valence-electron chi connectivity index (χ2n) is 7.27. The van der Waals surface area contributed by atoms with Gasteiger partial charge in [-0.1, -0.05) is 0 Å². The van der Waals surface area contributed by atoms with Crippen molar-refractivity contribution < 1.29 is 26.0 Å². The summed E-state index contributed by atoms with van der Waals surface area (Å²) in [6, 6.07) is 6.14. The number of halogens is 5. The van der Waals surface area contributed by atoms with Crippen molar-refractivity contribution in [2.75, 3.05) is 0 Å². The van der Waals surface area contributed by atoms with Crippen molar-refractivity contribution in [2.24, 2.45) is 0 Å². The molecule has 0 unspecified atom stereocenters. The zero-order valence-electron chi connectivity index (χ0n) is 17.5. The first-order valence-corrected chi connectivity index (χ1v) is 12.0. The molecule has 0 saturated carbocycles. The van der Waals surface area contributed by atoms with Crippen LogP contribution in [0.15, 0.2) is 58.3 Å². The number of hydrogen-bond acceptors (Lipinski definition) is 6. The molecular formula is C21H13BrF4N6O2S. The lowest BCUT2D eigenvalue weighted by Gasteiger charge is -2.17. The Balaban J connectivity index is 1.90. The third kappa shape index (κ3) is 4.62. The number of nitriles is 1. The fraction of sp³-hybridized carbons (Fsp3) is 0.143. The summed E-state index contributed by atoms with van der Waals surface area (Å²) in [5.74, 6) is -0.488. The normalized spacial score (nSPS) is 13.1. The minimum atomic E-state index is -4.78. The maximum absolute atomic E-state index is 14.3. The lowest BCUT2D eigenvalue weighted by Crippen LogP contribution is -2.42. The molecule has 0 radical (unpaired) electrons. The second-order valence-corrected chi connectivity index (χ2v) is 9.84. The highest BCUT2D eigenvalue weighted by Crippen LogP contribution is 2.37. The van der Waals surface area contributed by atoms with Gasteiger partial charge in [-0.05, 0) is 53.2 Å². The molecule has 0 aliphatic rings. The van der Waals surface area contributed by atoms with E-state index < -0.39 is 33.0 Å². The van der Waals surface area contributed by atoms with Crippen molar-refractivity contribution in [3.63, 3.8) is 0 Å². The molecule has 0 saturated heterocycles. The quantitative estimate of drug-likeness (QED) is 0.355. The van der Waals surface area contributed by atoms with Crippen LogP contribution >= 0.6 is 15.9 Å². The van der Waals surface area contributed by atoms with Gasteiger partial charge in [0.15, 0.2) is 0 Å². The van der Waals surface area contributed by atoms with E-state index in [1.165, 1.54) is 29.1 Å². The van der Waals surface area contributed by atoms with Crippen molar-refractivity contribution in [1.29, 1.82) is 5.26 Å². The molecule has 35 heavy (non-hydrogen) atoms. The Hall–Kier alpha value is -3.41. The van der Waals surface area contributed by atoms with E-state index in [0.717, 1.165) is 18.3 Å². The van der Waals surface area contributed by atoms with Gasteiger partial charge in [0.05, 0.1) is 26.9 Å². The maximum Gasteiger partial charge on any atom is 0.404 e. The van der Waals surface area contributed by atoms with Gasteiger partial charge in [0.1, 0.15) is 22.8 Å². The molecule has 4 rings (SSSR count). The highest BCUT2D eigenvalue weighted by molar-refractivity contribution is 9.10. The lowest BCUT2D eigenvalue weighted by molar-refractivity contribution is -0.147. The van der Waals surface area contributed by atoms with E-state index in [0.29, 0.717) is 12.4 Å². The van der Waals surface area contributed by atoms with E-state index in [9.17, 15) is 31.2 Å². The van der Waals surface area contributed by atoms with Crippen LogP contribution < -0.4 is 4.72 Å². The standard InChI is InChI=1S/C21H13BrF4N6O2S/c1-11(21(24,25)26)31-35(33,34)12-3-4-17(30-10-12)19-14(9-27)13-7-16(23)15(22)8-18(13)32(19)20-28-5-2-6-29-20/h2-8,10-11,31H,1H3/t11-/m0/s1. The van der Waals surface area contributed by atoms with Crippen LogP contribution in [0.1, 0.15) is 12.5 Å². The van der Waals surface area contributed by atoms with E-state index in [1.54, 1.807) is 10.8 Å². The van der Waals surface area contributed by atoms with Gasteiger partial charge in [-0.25, -0.2) is 22.8 Å². The number of fused-ring (bicyclic) bond motifs is 1. The van der Waals surface area contributed by atoms with Gasteiger partial charge in [0.25, 0.3) is 0 Å². The molecule has 3 aromatic heterocycles. The van der Waals surface area contributed by atoms with Crippen LogP contribution in [0.3, 0.4) is 0 Å². The Bertz CT molecular complexity index is 1570. The third-order valence-corrected chi connectivity index (χ3v) is 7.12. The minimum Gasteiger partial charge on any atom is -0.275 e. The van der Waals surface area contributed by atoms with Crippen molar-refractivity contribution in [3.8, 4) is 23.4 Å². The van der Waals surface area contributed by atoms with Crippen molar-refractivity contribution >= 4 is 36.9 Å². The van der Waals surface area contributed by atoms with Crippen LogP contribution in [0, 0.1) is 17.1 Å². The van der Waals surface area contributed by atoms with Gasteiger partial charge in [0.2, 0.25) is 16.0 Å². The monoisotopic (exact) mass is 568 g/mol. The molecule has 0 bridgehead atoms. The van der Waals surface area contributed by atoms with Crippen LogP contribution in [0.25, 0.3) is 28.2 Å². The van der Waals surface area contributed by atoms with Crippen LogP contribution in [-0.2, 0) is 10.0 Å². The molecule has 14 heteroatoms. The number of sulfonamides is 1. The molecule has 8 nitrogen and oxygen atoms in total. The Morgan fingerprint density at radius 3 is 2.43 bits per heavy atom.